The quantitative estimate of drug-likeness (QED) is 0.778. The lowest BCUT2D eigenvalue weighted by Gasteiger charge is -2.24. The number of hydrogen-bond acceptors (Lipinski definition) is 3. The highest BCUT2D eigenvalue weighted by atomic mass is 32.2. The van der Waals surface area contributed by atoms with Crippen LogP contribution >= 0.6 is 0 Å². The second-order valence-electron chi connectivity index (χ2n) is 6.73. The topological polar surface area (TPSA) is 66.5 Å². The molecule has 6 heteroatoms. The molecule has 0 aromatic heterocycles. The van der Waals surface area contributed by atoms with Gasteiger partial charge in [-0.2, -0.15) is 4.31 Å². The molecule has 1 atom stereocenters. The summed E-state index contributed by atoms with van der Waals surface area (Å²) < 4.78 is 25.8. The molecule has 2 aliphatic rings. The number of carbonyl (C=O) groups excluding carboxylic acids is 1. The van der Waals surface area contributed by atoms with Gasteiger partial charge in [0.05, 0.1) is 12.3 Å². The Bertz CT molecular complexity index is 454. The summed E-state index contributed by atoms with van der Waals surface area (Å²) in [4.78, 5) is 11.9. The number of nitrogens with one attached hydrogen (secondary N) is 1. The fraction of sp³-hybridized carbons (Fsp3) is 0.933. The van der Waals surface area contributed by atoms with Gasteiger partial charge in [0, 0.05) is 13.1 Å². The summed E-state index contributed by atoms with van der Waals surface area (Å²) in [6.45, 7) is 1.93. The van der Waals surface area contributed by atoms with Crippen molar-refractivity contribution < 1.29 is 13.2 Å². The van der Waals surface area contributed by atoms with E-state index in [9.17, 15) is 13.2 Å². The second-order valence-corrected chi connectivity index (χ2v) is 8.85. The van der Waals surface area contributed by atoms with Crippen LogP contribution in [0.25, 0.3) is 0 Å². The Morgan fingerprint density at radius 1 is 1.19 bits per heavy atom. The zero-order valence-electron chi connectivity index (χ0n) is 13.2. The molecule has 0 bridgehead atoms. The van der Waals surface area contributed by atoms with Crippen molar-refractivity contribution in [2.24, 2.45) is 11.8 Å². The molecule has 0 radical (unpaired) electrons. The van der Waals surface area contributed by atoms with E-state index in [2.05, 4.69) is 5.32 Å². The molecule has 2 saturated carbocycles. The smallest absolute Gasteiger partial charge is 0.235 e. The summed E-state index contributed by atoms with van der Waals surface area (Å²) in [5.41, 5.74) is 0. The van der Waals surface area contributed by atoms with Gasteiger partial charge in [-0.1, -0.05) is 19.3 Å². The van der Waals surface area contributed by atoms with Gasteiger partial charge >= 0.3 is 0 Å². The third kappa shape index (κ3) is 5.25. The molecule has 2 aliphatic carbocycles. The van der Waals surface area contributed by atoms with Gasteiger partial charge in [-0.15, -0.1) is 0 Å². The van der Waals surface area contributed by atoms with Gasteiger partial charge in [-0.3, -0.25) is 4.79 Å². The predicted molar refractivity (Wildman–Crippen MR) is 83.3 cm³/mol. The summed E-state index contributed by atoms with van der Waals surface area (Å²) >= 11 is 0. The Labute approximate surface area is 128 Å². The van der Waals surface area contributed by atoms with Crippen molar-refractivity contribution in [2.45, 2.75) is 57.9 Å². The highest BCUT2D eigenvalue weighted by Gasteiger charge is 2.30. The molecule has 122 valence electrons. The molecule has 1 N–H and O–H groups in total. The average molecular weight is 316 g/mol. The van der Waals surface area contributed by atoms with Gasteiger partial charge in [0.2, 0.25) is 15.9 Å². The van der Waals surface area contributed by atoms with E-state index < -0.39 is 10.0 Å². The molecule has 0 aromatic carbocycles. The zero-order valence-corrected chi connectivity index (χ0v) is 14.0. The van der Waals surface area contributed by atoms with Gasteiger partial charge in [0.25, 0.3) is 0 Å². The Morgan fingerprint density at radius 2 is 1.81 bits per heavy atom. The molecule has 0 saturated heterocycles. The van der Waals surface area contributed by atoms with Crippen LogP contribution < -0.4 is 5.32 Å². The van der Waals surface area contributed by atoms with E-state index in [1.165, 1.54) is 17.8 Å². The van der Waals surface area contributed by atoms with E-state index in [4.69, 9.17) is 0 Å². The van der Waals surface area contributed by atoms with Crippen LogP contribution in [0.15, 0.2) is 0 Å². The van der Waals surface area contributed by atoms with Gasteiger partial charge in [-0.05, 0) is 44.4 Å². The lowest BCUT2D eigenvalue weighted by atomic mass is 9.91. The number of likely N-dealkylation sites (N-methyl/N-ethyl adjacent to an activating group) is 1. The number of nitrogens with zero attached hydrogens (tertiary/aromatic N) is 1. The van der Waals surface area contributed by atoms with Crippen molar-refractivity contribution in [2.75, 3.05) is 19.3 Å². The Morgan fingerprint density at radius 3 is 2.38 bits per heavy atom. The molecule has 0 unspecified atom stereocenters. The number of rotatable bonds is 7. The maximum absolute atomic E-state index is 12.3. The average Bonchev–Trinajstić information content (AvgIpc) is 3.23. The van der Waals surface area contributed by atoms with E-state index in [0.29, 0.717) is 5.92 Å². The number of sulfonamides is 1. The van der Waals surface area contributed by atoms with Gasteiger partial charge in [-0.25, -0.2) is 8.42 Å². The van der Waals surface area contributed by atoms with E-state index in [1.54, 1.807) is 0 Å². The zero-order chi connectivity index (χ0) is 15.5. The van der Waals surface area contributed by atoms with Gasteiger partial charge in [0.15, 0.2) is 0 Å². The van der Waals surface area contributed by atoms with Crippen LogP contribution in [0.2, 0.25) is 0 Å². The van der Waals surface area contributed by atoms with Crippen LogP contribution in [0.3, 0.4) is 0 Å². The van der Waals surface area contributed by atoms with Crippen LogP contribution in [0.4, 0.5) is 0 Å². The minimum absolute atomic E-state index is 0.0634. The lowest BCUT2D eigenvalue weighted by molar-refractivity contribution is -0.121. The summed E-state index contributed by atoms with van der Waals surface area (Å²) in [5.74, 6) is 0.844. The molecule has 2 rings (SSSR count). The van der Waals surface area contributed by atoms with Crippen LogP contribution in [-0.2, 0) is 14.8 Å². The summed E-state index contributed by atoms with van der Waals surface area (Å²) in [6.07, 6.45) is 7.80. The number of amides is 1. The normalized spacial score (nSPS) is 22.2. The molecular weight excluding hydrogens is 288 g/mol. The molecule has 0 aliphatic heterocycles. The third-order valence-corrected chi connectivity index (χ3v) is 6.70. The molecular formula is C15H28N2O3S. The summed E-state index contributed by atoms with van der Waals surface area (Å²) in [7, 11) is -1.81. The van der Waals surface area contributed by atoms with Crippen molar-refractivity contribution in [1.82, 2.24) is 9.62 Å². The standard InChI is InChI=1S/C15H28N2O3S/c1-12(14-8-9-14)16-15(18)10-17(2)21(19,20)11-13-6-4-3-5-7-13/h12-14H,3-11H2,1-2H3,(H,16,18)/t12-/m1/s1. The molecule has 0 spiro atoms. The molecule has 5 nitrogen and oxygen atoms in total. The SMILES string of the molecule is C[C@@H](NC(=O)CN(C)S(=O)(=O)CC1CCCCC1)C1CC1. The first-order valence-electron chi connectivity index (χ1n) is 8.12. The molecule has 2 fully saturated rings. The fourth-order valence-electron chi connectivity index (χ4n) is 3.09. The van der Waals surface area contributed by atoms with Crippen molar-refractivity contribution in [3.05, 3.63) is 0 Å². The van der Waals surface area contributed by atoms with E-state index >= 15 is 0 Å². The molecule has 21 heavy (non-hydrogen) atoms. The Hall–Kier alpha value is -0.620. The minimum atomic E-state index is -3.32. The summed E-state index contributed by atoms with van der Waals surface area (Å²) in [5, 5.41) is 2.90. The first kappa shape index (κ1) is 16.7. The first-order chi connectivity index (χ1) is 9.88. The molecule has 1 amide bonds. The highest BCUT2D eigenvalue weighted by molar-refractivity contribution is 7.89. The van der Waals surface area contributed by atoms with Crippen molar-refractivity contribution in [3.8, 4) is 0 Å². The monoisotopic (exact) mass is 316 g/mol. The first-order valence-corrected chi connectivity index (χ1v) is 9.73. The third-order valence-electron chi connectivity index (χ3n) is 4.73. The van der Waals surface area contributed by atoms with Crippen LogP contribution in [-0.4, -0.2) is 44.0 Å². The Kier molecular flexibility index (Phi) is 5.66. The largest absolute Gasteiger partial charge is 0.352 e. The Balaban J connectivity index is 1.79. The minimum Gasteiger partial charge on any atom is -0.352 e. The lowest BCUT2D eigenvalue weighted by Crippen LogP contribution is -2.43. The fourth-order valence-corrected chi connectivity index (χ4v) is 4.59. The van der Waals surface area contributed by atoms with E-state index in [1.807, 2.05) is 6.92 Å². The molecule has 0 heterocycles. The maximum atomic E-state index is 12.3. The van der Waals surface area contributed by atoms with Crippen LogP contribution in [0.5, 0.6) is 0 Å². The van der Waals surface area contributed by atoms with Crippen LogP contribution in [0, 0.1) is 11.8 Å². The predicted octanol–water partition coefficient (Wildman–Crippen LogP) is 1.74. The van der Waals surface area contributed by atoms with E-state index in [-0.39, 0.29) is 30.2 Å². The molecule has 0 aromatic rings. The number of carbonyl (C=O) groups is 1. The summed E-state index contributed by atoms with van der Waals surface area (Å²) in [6, 6.07) is 0.159. The van der Waals surface area contributed by atoms with Gasteiger partial charge in [0.1, 0.15) is 0 Å². The highest BCUT2D eigenvalue weighted by Crippen LogP contribution is 2.32. The second kappa shape index (κ2) is 7.09. The van der Waals surface area contributed by atoms with Gasteiger partial charge < -0.3 is 5.32 Å². The van der Waals surface area contributed by atoms with Crippen molar-refractivity contribution in [3.63, 3.8) is 0 Å². The van der Waals surface area contributed by atoms with E-state index in [0.717, 1.165) is 38.5 Å². The maximum Gasteiger partial charge on any atom is 0.235 e. The van der Waals surface area contributed by atoms with Crippen molar-refractivity contribution in [1.29, 1.82) is 0 Å². The van der Waals surface area contributed by atoms with Crippen LogP contribution in [0.1, 0.15) is 51.9 Å². The number of hydrogen-bond donors (Lipinski definition) is 1. The van der Waals surface area contributed by atoms with Crippen molar-refractivity contribution >= 4 is 15.9 Å².